The summed E-state index contributed by atoms with van der Waals surface area (Å²) in [5.41, 5.74) is 2.19. The number of carbonyl (C=O) groups excluding carboxylic acids is 1. The van der Waals surface area contributed by atoms with Gasteiger partial charge in [0.1, 0.15) is 0 Å². The van der Waals surface area contributed by atoms with Gasteiger partial charge in [-0.25, -0.2) is 0 Å². The van der Waals surface area contributed by atoms with Crippen molar-refractivity contribution in [2.75, 3.05) is 6.54 Å². The molecular formula is C17H20N2O3S. The summed E-state index contributed by atoms with van der Waals surface area (Å²) in [4.78, 5) is 27.7. The van der Waals surface area contributed by atoms with Gasteiger partial charge < -0.3 is 10.4 Å². The average molecular weight is 332 g/mol. The van der Waals surface area contributed by atoms with Gasteiger partial charge in [-0.3, -0.25) is 14.6 Å². The van der Waals surface area contributed by atoms with E-state index in [-0.39, 0.29) is 5.91 Å². The summed E-state index contributed by atoms with van der Waals surface area (Å²) < 4.78 is 0. The minimum absolute atomic E-state index is 0.229. The molecule has 122 valence electrons. The molecule has 0 spiro atoms. The Bertz CT molecular complexity index is 709. The van der Waals surface area contributed by atoms with Crippen LogP contribution in [-0.2, 0) is 4.79 Å². The molecule has 0 radical (unpaired) electrons. The average Bonchev–Trinajstić information content (AvgIpc) is 3.00. The predicted molar refractivity (Wildman–Crippen MR) is 90.7 cm³/mol. The molecule has 0 saturated carbocycles. The van der Waals surface area contributed by atoms with Gasteiger partial charge in [0.25, 0.3) is 5.91 Å². The van der Waals surface area contributed by atoms with Crippen LogP contribution in [0, 0.1) is 12.3 Å². The molecule has 0 unspecified atom stereocenters. The van der Waals surface area contributed by atoms with Crippen molar-refractivity contribution < 1.29 is 14.7 Å². The Hall–Kier alpha value is -2.21. The highest BCUT2D eigenvalue weighted by Crippen LogP contribution is 2.22. The van der Waals surface area contributed by atoms with E-state index in [1.807, 2.05) is 22.9 Å². The van der Waals surface area contributed by atoms with Gasteiger partial charge in [0.2, 0.25) is 0 Å². The molecule has 0 atom stereocenters. The highest BCUT2D eigenvalue weighted by Gasteiger charge is 2.26. The van der Waals surface area contributed by atoms with Crippen LogP contribution in [0.2, 0.25) is 0 Å². The number of rotatable bonds is 6. The molecule has 0 aliphatic carbocycles. The number of nitrogens with one attached hydrogen (secondary N) is 1. The number of thiophene rings is 1. The Balaban J connectivity index is 2.02. The zero-order valence-corrected chi connectivity index (χ0v) is 14.2. The lowest BCUT2D eigenvalue weighted by molar-refractivity contribution is -0.147. The van der Waals surface area contributed by atoms with E-state index in [0.29, 0.717) is 24.2 Å². The van der Waals surface area contributed by atoms with E-state index in [1.54, 1.807) is 38.2 Å². The van der Waals surface area contributed by atoms with Gasteiger partial charge in [0.05, 0.1) is 22.4 Å². The number of carboxylic acid groups (broad SMARTS) is 1. The van der Waals surface area contributed by atoms with Gasteiger partial charge >= 0.3 is 5.97 Å². The highest BCUT2D eigenvalue weighted by molar-refractivity contribution is 7.08. The first-order valence-corrected chi connectivity index (χ1v) is 8.27. The topological polar surface area (TPSA) is 79.3 Å². The maximum absolute atomic E-state index is 12.2. The van der Waals surface area contributed by atoms with E-state index in [2.05, 4.69) is 10.3 Å². The molecule has 0 saturated heterocycles. The van der Waals surface area contributed by atoms with Gasteiger partial charge in [0, 0.05) is 17.5 Å². The molecular weight excluding hydrogens is 312 g/mol. The Morgan fingerprint density at radius 1 is 1.30 bits per heavy atom. The lowest BCUT2D eigenvalue weighted by atomic mass is 9.89. The van der Waals surface area contributed by atoms with E-state index in [0.717, 1.165) is 11.3 Å². The molecule has 23 heavy (non-hydrogen) atoms. The first kappa shape index (κ1) is 17.1. The van der Waals surface area contributed by atoms with Gasteiger partial charge in [-0.15, -0.1) is 0 Å². The number of aliphatic carboxylic acids is 1. The molecule has 2 aromatic heterocycles. The Morgan fingerprint density at radius 2 is 2.04 bits per heavy atom. The zero-order chi connectivity index (χ0) is 17.0. The number of amides is 1. The second-order valence-corrected chi connectivity index (χ2v) is 6.82. The van der Waals surface area contributed by atoms with Gasteiger partial charge in [-0.2, -0.15) is 11.3 Å². The van der Waals surface area contributed by atoms with Crippen LogP contribution in [0.4, 0.5) is 0 Å². The third kappa shape index (κ3) is 4.16. The molecule has 0 aliphatic rings. The van der Waals surface area contributed by atoms with E-state index >= 15 is 0 Å². The maximum atomic E-state index is 12.2. The van der Waals surface area contributed by atoms with E-state index in [4.69, 9.17) is 5.11 Å². The summed E-state index contributed by atoms with van der Waals surface area (Å²) in [5, 5.41) is 15.8. The molecule has 1 amide bonds. The fourth-order valence-corrected chi connectivity index (χ4v) is 2.71. The fraction of sp³-hybridized carbons (Fsp3) is 0.353. The van der Waals surface area contributed by atoms with Crippen molar-refractivity contribution in [2.24, 2.45) is 5.41 Å². The van der Waals surface area contributed by atoms with Gasteiger partial charge in [-0.1, -0.05) is 0 Å². The van der Waals surface area contributed by atoms with Gasteiger partial charge in [0.15, 0.2) is 0 Å². The number of nitrogens with zero attached hydrogens (tertiary/aromatic N) is 1. The normalized spacial score (nSPS) is 11.3. The van der Waals surface area contributed by atoms with Crippen LogP contribution in [0.25, 0.3) is 11.3 Å². The SMILES string of the molecule is Cc1nc(-c2ccsc2)ccc1C(=O)NCCC(C)(C)C(=O)O. The van der Waals surface area contributed by atoms with Crippen molar-refractivity contribution in [1.29, 1.82) is 0 Å². The largest absolute Gasteiger partial charge is 0.481 e. The molecule has 0 aliphatic heterocycles. The molecule has 2 N–H and O–H groups in total. The number of carboxylic acids is 1. The van der Waals surface area contributed by atoms with Crippen molar-refractivity contribution in [3.8, 4) is 11.3 Å². The van der Waals surface area contributed by atoms with E-state index in [1.165, 1.54) is 0 Å². The van der Waals surface area contributed by atoms with Crippen LogP contribution in [0.1, 0.15) is 36.3 Å². The van der Waals surface area contributed by atoms with Crippen molar-refractivity contribution in [2.45, 2.75) is 27.2 Å². The number of hydrogen-bond donors (Lipinski definition) is 2. The molecule has 0 aromatic carbocycles. The third-order valence-corrected chi connectivity index (χ3v) is 4.45. The standard InChI is InChI=1S/C17H20N2O3S/c1-11-13(4-5-14(19-11)12-6-9-23-10-12)15(20)18-8-7-17(2,3)16(21)22/h4-6,9-10H,7-8H2,1-3H3,(H,18,20)(H,21,22). The summed E-state index contributed by atoms with van der Waals surface area (Å²) >= 11 is 1.60. The van der Waals surface area contributed by atoms with Crippen LogP contribution in [0.3, 0.4) is 0 Å². The summed E-state index contributed by atoms with van der Waals surface area (Å²) in [6.45, 7) is 5.39. The van der Waals surface area contributed by atoms with Crippen LogP contribution >= 0.6 is 11.3 Å². The van der Waals surface area contributed by atoms with E-state index < -0.39 is 11.4 Å². The summed E-state index contributed by atoms with van der Waals surface area (Å²) in [5.74, 6) is -1.10. The van der Waals surface area contributed by atoms with Crippen molar-refractivity contribution in [3.63, 3.8) is 0 Å². The number of carbonyl (C=O) groups is 2. The second-order valence-electron chi connectivity index (χ2n) is 6.04. The smallest absolute Gasteiger partial charge is 0.309 e. The molecule has 2 heterocycles. The number of aryl methyl sites for hydroxylation is 1. The number of hydrogen-bond acceptors (Lipinski definition) is 4. The van der Waals surface area contributed by atoms with Crippen LogP contribution < -0.4 is 5.32 Å². The van der Waals surface area contributed by atoms with Crippen molar-refractivity contribution >= 4 is 23.2 Å². The number of aromatic nitrogens is 1. The summed E-state index contributed by atoms with van der Waals surface area (Å²) in [6, 6.07) is 5.57. The van der Waals surface area contributed by atoms with Gasteiger partial charge in [-0.05, 0) is 50.8 Å². The third-order valence-electron chi connectivity index (χ3n) is 3.76. The molecule has 5 nitrogen and oxygen atoms in total. The van der Waals surface area contributed by atoms with Crippen molar-refractivity contribution in [3.05, 3.63) is 40.2 Å². The Morgan fingerprint density at radius 3 is 2.61 bits per heavy atom. The second kappa shape index (κ2) is 6.91. The summed E-state index contributed by atoms with van der Waals surface area (Å²) in [7, 11) is 0. The predicted octanol–water partition coefficient (Wildman–Crippen LogP) is 3.35. The van der Waals surface area contributed by atoms with Crippen molar-refractivity contribution in [1.82, 2.24) is 10.3 Å². The minimum atomic E-state index is -0.871. The van der Waals surface area contributed by atoms with Crippen LogP contribution in [0.5, 0.6) is 0 Å². The summed E-state index contributed by atoms with van der Waals surface area (Å²) in [6.07, 6.45) is 0.369. The zero-order valence-electron chi connectivity index (χ0n) is 13.4. The molecule has 2 rings (SSSR count). The lowest BCUT2D eigenvalue weighted by Gasteiger charge is -2.19. The quantitative estimate of drug-likeness (QED) is 0.850. The Labute approximate surface area is 139 Å². The fourth-order valence-electron chi connectivity index (χ4n) is 2.06. The molecule has 0 bridgehead atoms. The first-order chi connectivity index (χ1) is 10.8. The maximum Gasteiger partial charge on any atom is 0.309 e. The molecule has 2 aromatic rings. The highest BCUT2D eigenvalue weighted by atomic mass is 32.1. The number of pyridine rings is 1. The first-order valence-electron chi connectivity index (χ1n) is 7.33. The Kier molecular flexibility index (Phi) is 5.15. The van der Waals surface area contributed by atoms with E-state index in [9.17, 15) is 9.59 Å². The lowest BCUT2D eigenvalue weighted by Crippen LogP contribution is -2.32. The monoisotopic (exact) mass is 332 g/mol. The minimum Gasteiger partial charge on any atom is -0.481 e. The van der Waals surface area contributed by atoms with Crippen LogP contribution in [0.15, 0.2) is 29.0 Å². The molecule has 6 heteroatoms. The molecule has 0 fully saturated rings. The van der Waals surface area contributed by atoms with Crippen LogP contribution in [-0.4, -0.2) is 28.5 Å².